The summed E-state index contributed by atoms with van der Waals surface area (Å²) in [5.41, 5.74) is 4.86. The maximum absolute atomic E-state index is 12.4. The van der Waals surface area contributed by atoms with Crippen molar-refractivity contribution in [1.29, 1.82) is 0 Å². The lowest BCUT2D eigenvalue weighted by Crippen LogP contribution is -2.09. The molecule has 0 aromatic carbocycles. The van der Waals surface area contributed by atoms with Gasteiger partial charge in [-0.2, -0.15) is 8.78 Å². The van der Waals surface area contributed by atoms with Gasteiger partial charge in [0, 0.05) is 5.57 Å². The summed E-state index contributed by atoms with van der Waals surface area (Å²) in [6, 6.07) is 0. The Labute approximate surface area is 192 Å². The Morgan fingerprint density at radius 1 is 0.781 bits per heavy atom. The quantitative estimate of drug-likeness (QED) is 0.159. The van der Waals surface area contributed by atoms with Crippen LogP contribution in [-0.2, 0) is 9.59 Å². The SMILES string of the molecule is C/C(C=O)=C(\C)C(=O)/C(C)=C(\C)CC[C@@H](O)CC/C=C(\C)CC/C=C(\C)CCC=C(F)F. The number of carbonyl (C=O) groups is 2. The molecule has 0 bridgehead atoms. The van der Waals surface area contributed by atoms with Crippen molar-refractivity contribution in [3.8, 4) is 0 Å². The standard InChI is InChI=1S/C27H40F2O3/c1-19(10-7-11-20(2)13-9-15-26(28)29)12-8-14-25(31)17-16-21(3)23(5)27(32)24(6)22(4)18-30/h11-12,15,18,25,31H,7-10,13-14,16-17H2,1-6H3/b19-12+,20-11+,23-21+,24-22-/t25-/m0/s1. The number of allylic oxidation sites excluding steroid dienone is 9. The van der Waals surface area contributed by atoms with Gasteiger partial charge in [0.15, 0.2) is 5.78 Å². The maximum Gasteiger partial charge on any atom is 0.266 e. The molecule has 0 unspecified atom stereocenters. The molecule has 5 heteroatoms. The summed E-state index contributed by atoms with van der Waals surface area (Å²) in [5, 5.41) is 10.3. The summed E-state index contributed by atoms with van der Waals surface area (Å²) < 4.78 is 24.1. The van der Waals surface area contributed by atoms with Gasteiger partial charge in [0.25, 0.3) is 6.08 Å². The third-order valence-electron chi connectivity index (χ3n) is 5.80. The number of aldehydes is 1. The number of aliphatic hydroxyl groups excluding tert-OH is 1. The van der Waals surface area contributed by atoms with Crippen molar-refractivity contribution in [1.82, 2.24) is 0 Å². The summed E-state index contributed by atoms with van der Waals surface area (Å²) in [7, 11) is 0. The lowest BCUT2D eigenvalue weighted by atomic mass is 9.95. The summed E-state index contributed by atoms with van der Waals surface area (Å²) >= 11 is 0. The zero-order valence-electron chi connectivity index (χ0n) is 20.6. The van der Waals surface area contributed by atoms with Crippen molar-refractivity contribution < 1.29 is 23.5 Å². The van der Waals surface area contributed by atoms with Crippen LogP contribution in [0.2, 0.25) is 0 Å². The van der Waals surface area contributed by atoms with E-state index in [1.54, 1.807) is 20.8 Å². The van der Waals surface area contributed by atoms with Gasteiger partial charge in [0.05, 0.1) is 6.10 Å². The fourth-order valence-corrected chi connectivity index (χ4v) is 3.14. The fourth-order valence-electron chi connectivity index (χ4n) is 3.14. The monoisotopic (exact) mass is 450 g/mol. The van der Waals surface area contributed by atoms with Gasteiger partial charge in [-0.3, -0.25) is 9.59 Å². The fraction of sp³-hybridized carbons (Fsp3) is 0.556. The van der Waals surface area contributed by atoms with E-state index in [1.807, 2.05) is 13.8 Å². The van der Waals surface area contributed by atoms with Crippen LogP contribution in [-0.4, -0.2) is 23.3 Å². The van der Waals surface area contributed by atoms with Crippen LogP contribution in [0, 0.1) is 0 Å². The number of aliphatic hydroxyl groups is 1. The molecule has 0 amide bonds. The lowest BCUT2D eigenvalue weighted by molar-refractivity contribution is -0.112. The van der Waals surface area contributed by atoms with E-state index in [4.69, 9.17) is 0 Å². The molecule has 0 radical (unpaired) electrons. The number of halogens is 2. The number of hydrogen-bond acceptors (Lipinski definition) is 3. The molecular formula is C27H40F2O3. The van der Waals surface area contributed by atoms with Crippen LogP contribution in [0.4, 0.5) is 8.78 Å². The molecular weight excluding hydrogens is 410 g/mol. The third-order valence-corrected chi connectivity index (χ3v) is 5.80. The van der Waals surface area contributed by atoms with Crippen LogP contribution >= 0.6 is 0 Å². The van der Waals surface area contributed by atoms with E-state index in [-0.39, 0.29) is 5.78 Å². The highest BCUT2D eigenvalue weighted by molar-refractivity contribution is 6.10. The second kappa shape index (κ2) is 16.5. The van der Waals surface area contributed by atoms with Crippen molar-refractivity contribution in [2.24, 2.45) is 0 Å². The maximum atomic E-state index is 12.4. The molecule has 0 fully saturated rings. The molecule has 0 aliphatic carbocycles. The molecule has 0 aromatic rings. The highest BCUT2D eigenvalue weighted by atomic mass is 19.3. The second-order valence-electron chi connectivity index (χ2n) is 8.60. The normalized spacial score (nSPS) is 15.0. The van der Waals surface area contributed by atoms with Crippen LogP contribution in [0.5, 0.6) is 0 Å². The first-order valence-corrected chi connectivity index (χ1v) is 11.3. The van der Waals surface area contributed by atoms with Crippen LogP contribution in [0.15, 0.2) is 57.7 Å². The molecule has 1 N–H and O–H groups in total. The van der Waals surface area contributed by atoms with Crippen molar-refractivity contribution in [2.75, 3.05) is 0 Å². The first-order valence-electron chi connectivity index (χ1n) is 11.3. The highest BCUT2D eigenvalue weighted by Crippen LogP contribution is 2.19. The van der Waals surface area contributed by atoms with E-state index < -0.39 is 12.2 Å². The number of ketones is 1. The minimum atomic E-state index is -1.62. The van der Waals surface area contributed by atoms with E-state index in [9.17, 15) is 23.5 Å². The lowest BCUT2D eigenvalue weighted by Gasteiger charge is -2.12. The van der Waals surface area contributed by atoms with E-state index in [2.05, 4.69) is 19.1 Å². The average Bonchev–Trinajstić information content (AvgIpc) is 2.74. The number of carbonyl (C=O) groups excluding carboxylic acids is 2. The highest BCUT2D eigenvalue weighted by Gasteiger charge is 2.13. The van der Waals surface area contributed by atoms with E-state index >= 15 is 0 Å². The molecule has 0 heterocycles. The van der Waals surface area contributed by atoms with Crippen LogP contribution < -0.4 is 0 Å². The van der Waals surface area contributed by atoms with Crippen LogP contribution in [0.1, 0.15) is 92.9 Å². The zero-order chi connectivity index (χ0) is 24.7. The van der Waals surface area contributed by atoms with E-state index in [0.29, 0.717) is 55.1 Å². The minimum absolute atomic E-state index is 0.115. The molecule has 0 saturated heterocycles. The van der Waals surface area contributed by atoms with Gasteiger partial charge < -0.3 is 5.11 Å². The molecule has 1 atom stereocenters. The first kappa shape index (κ1) is 29.9. The number of hydrogen-bond donors (Lipinski definition) is 1. The molecule has 0 aliphatic rings. The average molecular weight is 451 g/mol. The Hall–Kier alpha value is -2.14. The van der Waals surface area contributed by atoms with Gasteiger partial charge >= 0.3 is 0 Å². The van der Waals surface area contributed by atoms with Crippen molar-refractivity contribution in [3.05, 3.63) is 57.7 Å². The Morgan fingerprint density at radius 3 is 1.84 bits per heavy atom. The molecule has 0 saturated carbocycles. The molecule has 180 valence electrons. The van der Waals surface area contributed by atoms with E-state index in [1.165, 1.54) is 5.57 Å². The first-order chi connectivity index (χ1) is 15.0. The minimum Gasteiger partial charge on any atom is -0.393 e. The molecule has 32 heavy (non-hydrogen) atoms. The van der Waals surface area contributed by atoms with Crippen molar-refractivity contribution in [3.63, 3.8) is 0 Å². The third kappa shape index (κ3) is 13.3. The predicted molar refractivity (Wildman–Crippen MR) is 129 cm³/mol. The zero-order valence-corrected chi connectivity index (χ0v) is 20.6. The summed E-state index contributed by atoms with van der Waals surface area (Å²) in [5.74, 6) is -0.115. The molecule has 3 nitrogen and oxygen atoms in total. The van der Waals surface area contributed by atoms with Crippen LogP contribution in [0.25, 0.3) is 0 Å². The molecule has 0 aromatic heterocycles. The van der Waals surface area contributed by atoms with Gasteiger partial charge in [-0.05, 0) is 110 Å². The topological polar surface area (TPSA) is 54.4 Å². The Morgan fingerprint density at radius 2 is 1.31 bits per heavy atom. The van der Waals surface area contributed by atoms with Crippen molar-refractivity contribution >= 4 is 12.1 Å². The van der Waals surface area contributed by atoms with Gasteiger partial charge in [-0.25, -0.2) is 0 Å². The Kier molecular flexibility index (Phi) is 15.4. The molecule has 0 aliphatic heterocycles. The largest absolute Gasteiger partial charge is 0.393 e. The summed E-state index contributed by atoms with van der Waals surface area (Å²) in [6.07, 6.45) is 9.34. The van der Waals surface area contributed by atoms with Crippen molar-refractivity contribution in [2.45, 2.75) is 99.0 Å². The summed E-state index contributed by atoms with van der Waals surface area (Å²) in [4.78, 5) is 23.3. The summed E-state index contributed by atoms with van der Waals surface area (Å²) in [6.45, 7) is 11.0. The Balaban J connectivity index is 4.41. The second-order valence-corrected chi connectivity index (χ2v) is 8.60. The van der Waals surface area contributed by atoms with Gasteiger partial charge in [0.1, 0.15) is 6.29 Å². The smallest absolute Gasteiger partial charge is 0.266 e. The number of Topliss-reactive ketones (excluding diaryl/α,β-unsaturated/α-hetero) is 1. The van der Waals surface area contributed by atoms with Gasteiger partial charge in [-0.15, -0.1) is 0 Å². The number of rotatable bonds is 15. The van der Waals surface area contributed by atoms with E-state index in [0.717, 1.165) is 36.5 Å². The van der Waals surface area contributed by atoms with Crippen LogP contribution in [0.3, 0.4) is 0 Å². The molecule has 0 spiro atoms. The Bertz CT molecular complexity index is 779. The molecule has 0 rings (SSSR count). The predicted octanol–water partition coefficient (Wildman–Crippen LogP) is 7.58. The van der Waals surface area contributed by atoms with Gasteiger partial charge in [0.2, 0.25) is 0 Å². The van der Waals surface area contributed by atoms with Gasteiger partial charge in [-0.1, -0.05) is 28.9 Å².